The van der Waals surface area contributed by atoms with Crippen LogP contribution in [0.25, 0.3) is 0 Å². The second kappa shape index (κ2) is 6.41. The first kappa shape index (κ1) is 15.7. The third-order valence-corrected chi connectivity index (χ3v) is 3.67. The molecule has 1 saturated carbocycles. The fourth-order valence-corrected chi connectivity index (χ4v) is 2.96. The molecule has 1 N–H and O–H groups in total. The maximum atomic E-state index is 12.1. The van der Waals surface area contributed by atoms with Crippen LogP contribution in [0.3, 0.4) is 0 Å². The maximum Gasteiger partial charge on any atom is 0.324 e. The van der Waals surface area contributed by atoms with Gasteiger partial charge in [-0.2, -0.15) is 0 Å². The molecule has 2 aliphatic rings. The van der Waals surface area contributed by atoms with Crippen molar-refractivity contribution in [1.29, 1.82) is 0 Å². The van der Waals surface area contributed by atoms with E-state index in [9.17, 15) is 4.79 Å². The van der Waals surface area contributed by atoms with E-state index in [-0.39, 0.29) is 23.7 Å². The smallest absolute Gasteiger partial charge is 0.324 e. The first-order valence-corrected chi connectivity index (χ1v) is 7.72. The highest BCUT2D eigenvalue weighted by Crippen LogP contribution is 2.23. The molecule has 1 saturated heterocycles. The molecule has 0 radical (unpaired) electrons. The summed E-state index contributed by atoms with van der Waals surface area (Å²) in [6.07, 6.45) is 2.53. The molecule has 1 aliphatic heterocycles. The summed E-state index contributed by atoms with van der Waals surface area (Å²) in [5.41, 5.74) is -0.156. The molecule has 2 fully saturated rings. The van der Waals surface area contributed by atoms with Gasteiger partial charge in [0.25, 0.3) is 0 Å². The zero-order valence-corrected chi connectivity index (χ0v) is 13.1. The molecule has 0 amide bonds. The summed E-state index contributed by atoms with van der Waals surface area (Å²) in [6, 6.07) is 0.277. The third kappa shape index (κ3) is 4.72. The van der Waals surface area contributed by atoms with E-state index in [4.69, 9.17) is 9.47 Å². The number of esters is 1. The number of nitrogens with one attached hydrogen (secondary N) is 1. The molecule has 0 bridgehead atoms. The minimum atomic E-state index is -0.219. The zero-order chi connectivity index (χ0) is 14.8. The van der Waals surface area contributed by atoms with Crippen molar-refractivity contribution < 1.29 is 14.3 Å². The molecule has 0 spiro atoms. The minimum Gasteiger partial charge on any atom is -0.465 e. The molecule has 0 aromatic heterocycles. The Kier molecular flexibility index (Phi) is 5.04. The molecule has 2 atom stereocenters. The van der Waals surface area contributed by atoms with Crippen LogP contribution in [-0.2, 0) is 14.3 Å². The molecule has 20 heavy (non-hydrogen) atoms. The highest BCUT2D eigenvalue weighted by molar-refractivity contribution is 5.76. The minimum absolute atomic E-state index is 0.128. The zero-order valence-electron chi connectivity index (χ0n) is 13.1. The van der Waals surface area contributed by atoms with Gasteiger partial charge in [-0.1, -0.05) is 0 Å². The molecular weight excluding hydrogens is 256 g/mol. The van der Waals surface area contributed by atoms with Crippen molar-refractivity contribution >= 4 is 5.97 Å². The Hall–Kier alpha value is -0.650. The van der Waals surface area contributed by atoms with Crippen molar-refractivity contribution in [3.63, 3.8) is 0 Å². The van der Waals surface area contributed by atoms with E-state index in [0.717, 1.165) is 13.1 Å². The highest BCUT2D eigenvalue weighted by Gasteiger charge is 2.35. The predicted molar refractivity (Wildman–Crippen MR) is 77.6 cm³/mol. The second-order valence-electron chi connectivity index (χ2n) is 6.63. The largest absolute Gasteiger partial charge is 0.465 e. The topological polar surface area (TPSA) is 50.8 Å². The fraction of sp³-hybridized carbons (Fsp3) is 0.933. The van der Waals surface area contributed by atoms with E-state index in [1.165, 1.54) is 12.8 Å². The summed E-state index contributed by atoms with van der Waals surface area (Å²) < 4.78 is 11.1. The molecule has 116 valence electrons. The number of nitrogens with zero attached hydrogens (tertiary/aromatic N) is 1. The summed E-state index contributed by atoms with van der Waals surface area (Å²) in [5.74, 6) is -0.128. The van der Waals surface area contributed by atoms with Crippen LogP contribution in [0, 0.1) is 0 Å². The number of rotatable bonds is 6. The average Bonchev–Trinajstić information content (AvgIpc) is 3.09. The van der Waals surface area contributed by atoms with Crippen LogP contribution < -0.4 is 5.32 Å². The number of hydrogen-bond acceptors (Lipinski definition) is 5. The molecule has 5 heteroatoms. The molecule has 0 aromatic carbocycles. The lowest BCUT2D eigenvalue weighted by molar-refractivity contribution is -0.151. The van der Waals surface area contributed by atoms with Gasteiger partial charge < -0.3 is 14.8 Å². The van der Waals surface area contributed by atoms with Crippen molar-refractivity contribution in [1.82, 2.24) is 10.2 Å². The van der Waals surface area contributed by atoms with E-state index in [1.54, 1.807) is 0 Å². The van der Waals surface area contributed by atoms with Gasteiger partial charge in [0.05, 0.1) is 18.3 Å². The normalized spacial score (nSPS) is 28.1. The Morgan fingerprint density at radius 2 is 2.20 bits per heavy atom. The van der Waals surface area contributed by atoms with Crippen molar-refractivity contribution in [2.24, 2.45) is 0 Å². The summed E-state index contributed by atoms with van der Waals surface area (Å²) in [6.45, 7) is 11.0. The van der Waals surface area contributed by atoms with Crippen LogP contribution in [0.2, 0.25) is 0 Å². The number of carbonyl (C=O) groups is 1. The average molecular weight is 284 g/mol. The Morgan fingerprint density at radius 1 is 1.50 bits per heavy atom. The Balaban J connectivity index is 1.93. The Bertz CT molecular complexity index is 342. The molecule has 2 unspecified atom stereocenters. The first-order valence-electron chi connectivity index (χ1n) is 7.72. The molecule has 5 nitrogen and oxygen atoms in total. The Labute approximate surface area is 122 Å². The van der Waals surface area contributed by atoms with Crippen LogP contribution in [0.5, 0.6) is 0 Å². The molecule has 0 aromatic rings. The molecule has 1 aliphatic carbocycles. The number of ether oxygens (including phenoxy) is 2. The lowest BCUT2D eigenvalue weighted by Crippen LogP contribution is -2.56. The summed E-state index contributed by atoms with van der Waals surface area (Å²) >= 11 is 0. The monoisotopic (exact) mass is 284 g/mol. The van der Waals surface area contributed by atoms with Gasteiger partial charge in [0.15, 0.2) is 0 Å². The number of morpholine rings is 1. The summed E-state index contributed by atoms with van der Waals surface area (Å²) in [7, 11) is 0. The van der Waals surface area contributed by atoms with Crippen molar-refractivity contribution in [3.05, 3.63) is 0 Å². The van der Waals surface area contributed by atoms with Crippen LogP contribution in [0.1, 0.15) is 40.5 Å². The third-order valence-electron chi connectivity index (χ3n) is 3.67. The lowest BCUT2D eigenvalue weighted by atomic mass is 10.0. The SMILES string of the molecule is CCOC(=O)C(CN1CC(C)OC(C)(C)C1)NC1CC1. The summed E-state index contributed by atoms with van der Waals surface area (Å²) in [5, 5.41) is 3.41. The van der Waals surface area contributed by atoms with Crippen LogP contribution in [0.15, 0.2) is 0 Å². The van der Waals surface area contributed by atoms with Gasteiger partial charge >= 0.3 is 5.97 Å². The number of hydrogen-bond donors (Lipinski definition) is 1. The molecule has 2 rings (SSSR count). The van der Waals surface area contributed by atoms with Gasteiger partial charge in [0.2, 0.25) is 0 Å². The van der Waals surface area contributed by atoms with Crippen LogP contribution in [-0.4, -0.2) is 60.9 Å². The Morgan fingerprint density at radius 3 is 2.75 bits per heavy atom. The highest BCUT2D eigenvalue weighted by atomic mass is 16.5. The van der Waals surface area contributed by atoms with Gasteiger partial charge in [0, 0.05) is 25.7 Å². The first-order chi connectivity index (χ1) is 9.39. The predicted octanol–water partition coefficient (Wildman–Crippen LogP) is 1.17. The van der Waals surface area contributed by atoms with E-state index in [2.05, 4.69) is 31.0 Å². The fourth-order valence-electron chi connectivity index (χ4n) is 2.96. The van der Waals surface area contributed by atoms with E-state index in [1.807, 2.05) is 6.92 Å². The van der Waals surface area contributed by atoms with E-state index in [0.29, 0.717) is 19.2 Å². The van der Waals surface area contributed by atoms with Gasteiger partial charge in [-0.25, -0.2) is 0 Å². The lowest BCUT2D eigenvalue weighted by Gasteiger charge is -2.42. The molecular formula is C15H28N2O3. The van der Waals surface area contributed by atoms with Crippen LogP contribution >= 0.6 is 0 Å². The van der Waals surface area contributed by atoms with Gasteiger partial charge in [0.1, 0.15) is 6.04 Å². The summed E-state index contributed by atoms with van der Waals surface area (Å²) in [4.78, 5) is 14.4. The van der Waals surface area contributed by atoms with Gasteiger partial charge in [-0.15, -0.1) is 0 Å². The van der Waals surface area contributed by atoms with E-state index >= 15 is 0 Å². The van der Waals surface area contributed by atoms with Crippen molar-refractivity contribution in [2.75, 3.05) is 26.2 Å². The maximum absolute atomic E-state index is 12.1. The van der Waals surface area contributed by atoms with Gasteiger partial charge in [-0.3, -0.25) is 9.69 Å². The second-order valence-corrected chi connectivity index (χ2v) is 6.63. The number of carbonyl (C=O) groups excluding carboxylic acids is 1. The quantitative estimate of drug-likeness (QED) is 0.742. The van der Waals surface area contributed by atoms with Crippen molar-refractivity contribution in [3.8, 4) is 0 Å². The van der Waals surface area contributed by atoms with Crippen LogP contribution in [0.4, 0.5) is 0 Å². The van der Waals surface area contributed by atoms with Gasteiger partial charge in [-0.05, 0) is 40.5 Å². The standard InChI is InChI=1S/C15H28N2O3/c1-5-19-14(18)13(16-12-6-7-12)9-17-8-11(2)20-15(3,4)10-17/h11-13,16H,5-10H2,1-4H3. The van der Waals surface area contributed by atoms with E-state index < -0.39 is 0 Å². The molecule has 1 heterocycles. The van der Waals surface area contributed by atoms with Crippen molar-refractivity contribution in [2.45, 2.75) is 64.3 Å².